The van der Waals surface area contributed by atoms with Crippen LogP contribution in [-0.4, -0.2) is 53.9 Å². The number of carbonyl (C=O) groups excluding carboxylic acids is 1. The normalized spacial score (nSPS) is 19.7. The zero-order valence-electron chi connectivity index (χ0n) is 14.2. The summed E-state index contributed by atoms with van der Waals surface area (Å²) in [6.45, 7) is 7.88. The van der Waals surface area contributed by atoms with Crippen molar-refractivity contribution in [3.63, 3.8) is 0 Å². The van der Waals surface area contributed by atoms with E-state index in [1.807, 2.05) is 25.1 Å². The molecule has 0 saturated carbocycles. The summed E-state index contributed by atoms with van der Waals surface area (Å²) in [5.41, 5.74) is -1.26. The molecule has 1 aromatic carbocycles. The Bertz CT molecular complexity index is 497. The van der Waals surface area contributed by atoms with Crippen LogP contribution >= 0.6 is 0 Å². The van der Waals surface area contributed by atoms with Gasteiger partial charge in [0.1, 0.15) is 11.4 Å². The highest BCUT2D eigenvalue weighted by Gasteiger charge is 2.40. The third kappa shape index (κ3) is 4.94. The van der Waals surface area contributed by atoms with Gasteiger partial charge in [-0.05, 0) is 39.3 Å². The Hall–Kier alpha value is -1.59. The summed E-state index contributed by atoms with van der Waals surface area (Å²) in [5.74, 6) is 0.775. The Morgan fingerprint density at radius 1 is 1.39 bits per heavy atom. The van der Waals surface area contributed by atoms with E-state index in [2.05, 4.69) is 0 Å². The van der Waals surface area contributed by atoms with Gasteiger partial charge in [0.25, 0.3) is 5.91 Å². The van der Waals surface area contributed by atoms with Crippen LogP contribution in [0.25, 0.3) is 0 Å². The largest absolute Gasteiger partial charge is 0.478 e. The fourth-order valence-corrected chi connectivity index (χ4v) is 2.75. The Labute approximate surface area is 138 Å². The molecule has 1 saturated heterocycles. The van der Waals surface area contributed by atoms with E-state index in [1.165, 1.54) is 0 Å². The SMILES string of the molecule is CCOC[C@@H]1CCN(C(=O)[C@H](Oc2ccccc2)C(C)(C)O)C1. The van der Waals surface area contributed by atoms with Crippen molar-refractivity contribution in [1.82, 2.24) is 4.90 Å². The first-order chi connectivity index (χ1) is 10.9. The van der Waals surface area contributed by atoms with Crippen molar-refractivity contribution in [3.8, 4) is 5.75 Å². The molecule has 128 valence electrons. The van der Waals surface area contributed by atoms with Crippen molar-refractivity contribution in [2.24, 2.45) is 5.92 Å². The Balaban J connectivity index is 2.03. The third-order valence-corrected chi connectivity index (χ3v) is 4.02. The second-order valence-electron chi connectivity index (χ2n) is 6.56. The van der Waals surface area contributed by atoms with Crippen LogP contribution in [0.4, 0.5) is 0 Å². The molecular formula is C18H27NO4. The summed E-state index contributed by atoms with van der Waals surface area (Å²) in [6, 6.07) is 9.14. The van der Waals surface area contributed by atoms with E-state index in [0.717, 1.165) is 6.42 Å². The van der Waals surface area contributed by atoms with Crippen molar-refractivity contribution in [2.45, 2.75) is 38.9 Å². The van der Waals surface area contributed by atoms with Crippen LogP contribution in [0.2, 0.25) is 0 Å². The minimum absolute atomic E-state index is 0.166. The molecule has 1 aromatic rings. The van der Waals surface area contributed by atoms with E-state index in [0.29, 0.717) is 38.0 Å². The predicted octanol–water partition coefficient (Wildman–Crippen LogP) is 2.09. The lowest BCUT2D eigenvalue weighted by Crippen LogP contribution is -2.52. The Kier molecular flexibility index (Phi) is 6.02. The molecule has 0 unspecified atom stereocenters. The van der Waals surface area contributed by atoms with Gasteiger partial charge in [-0.15, -0.1) is 0 Å². The minimum Gasteiger partial charge on any atom is -0.478 e. The molecule has 0 bridgehead atoms. The maximum absolute atomic E-state index is 12.8. The van der Waals surface area contributed by atoms with Crippen molar-refractivity contribution in [2.75, 3.05) is 26.3 Å². The van der Waals surface area contributed by atoms with Crippen molar-refractivity contribution < 1.29 is 19.4 Å². The zero-order valence-corrected chi connectivity index (χ0v) is 14.2. The molecular weight excluding hydrogens is 294 g/mol. The quantitative estimate of drug-likeness (QED) is 0.835. The highest BCUT2D eigenvalue weighted by molar-refractivity contribution is 5.82. The van der Waals surface area contributed by atoms with E-state index in [1.54, 1.807) is 30.9 Å². The van der Waals surface area contributed by atoms with Crippen LogP contribution in [0.3, 0.4) is 0 Å². The first-order valence-corrected chi connectivity index (χ1v) is 8.22. The molecule has 0 radical (unpaired) electrons. The van der Waals surface area contributed by atoms with Gasteiger partial charge in [0.2, 0.25) is 6.10 Å². The third-order valence-electron chi connectivity index (χ3n) is 4.02. The lowest BCUT2D eigenvalue weighted by Gasteiger charge is -2.32. The average molecular weight is 321 g/mol. The second kappa shape index (κ2) is 7.79. The lowest BCUT2D eigenvalue weighted by atomic mass is 10.0. The molecule has 2 rings (SSSR count). The van der Waals surface area contributed by atoms with Gasteiger partial charge in [0.05, 0.1) is 6.61 Å². The van der Waals surface area contributed by atoms with Crippen LogP contribution in [0, 0.1) is 5.92 Å². The number of amides is 1. The molecule has 1 heterocycles. The number of carbonyl (C=O) groups is 1. The van der Waals surface area contributed by atoms with Gasteiger partial charge in [-0.3, -0.25) is 4.79 Å². The number of benzene rings is 1. The fourth-order valence-electron chi connectivity index (χ4n) is 2.75. The fraction of sp³-hybridized carbons (Fsp3) is 0.611. The summed E-state index contributed by atoms with van der Waals surface area (Å²) in [4.78, 5) is 14.6. The van der Waals surface area contributed by atoms with E-state index < -0.39 is 11.7 Å². The van der Waals surface area contributed by atoms with Gasteiger partial charge in [-0.1, -0.05) is 18.2 Å². The van der Waals surface area contributed by atoms with Crippen LogP contribution in [0.1, 0.15) is 27.2 Å². The predicted molar refractivity (Wildman–Crippen MR) is 88.3 cm³/mol. The number of hydrogen-bond donors (Lipinski definition) is 1. The summed E-state index contributed by atoms with van der Waals surface area (Å²) >= 11 is 0. The second-order valence-corrected chi connectivity index (χ2v) is 6.56. The van der Waals surface area contributed by atoms with Crippen LogP contribution in [-0.2, 0) is 9.53 Å². The van der Waals surface area contributed by atoms with Crippen molar-refractivity contribution in [3.05, 3.63) is 30.3 Å². The number of hydrogen-bond acceptors (Lipinski definition) is 4. The number of aliphatic hydroxyl groups is 1. The number of ether oxygens (including phenoxy) is 2. The topological polar surface area (TPSA) is 59.0 Å². The Morgan fingerprint density at radius 2 is 2.09 bits per heavy atom. The van der Waals surface area contributed by atoms with Gasteiger partial charge in [-0.25, -0.2) is 0 Å². The summed E-state index contributed by atoms with van der Waals surface area (Å²) in [7, 11) is 0. The molecule has 1 aliphatic rings. The molecule has 1 aliphatic heterocycles. The monoisotopic (exact) mass is 321 g/mol. The first-order valence-electron chi connectivity index (χ1n) is 8.22. The molecule has 0 aromatic heterocycles. The molecule has 23 heavy (non-hydrogen) atoms. The molecule has 0 aliphatic carbocycles. The lowest BCUT2D eigenvalue weighted by molar-refractivity contribution is -0.148. The summed E-state index contributed by atoms with van der Waals surface area (Å²) in [5, 5.41) is 10.4. The number of nitrogens with zero attached hydrogens (tertiary/aromatic N) is 1. The van der Waals surface area contributed by atoms with Crippen LogP contribution in [0.15, 0.2) is 30.3 Å². The van der Waals surface area contributed by atoms with E-state index in [9.17, 15) is 9.90 Å². The molecule has 5 heteroatoms. The maximum atomic E-state index is 12.8. The number of likely N-dealkylation sites (tertiary alicyclic amines) is 1. The van der Waals surface area contributed by atoms with Gasteiger partial charge in [0, 0.05) is 25.6 Å². The molecule has 1 amide bonds. The number of rotatable bonds is 7. The molecule has 5 nitrogen and oxygen atoms in total. The van der Waals surface area contributed by atoms with Crippen LogP contribution in [0.5, 0.6) is 5.75 Å². The van der Waals surface area contributed by atoms with E-state index in [4.69, 9.17) is 9.47 Å². The smallest absolute Gasteiger partial charge is 0.266 e. The van der Waals surface area contributed by atoms with E-state index in [-0.39, 0.29) is 5.91 Å². The minimum atomic E-state index is -1.26. The molecule has 2 atom stereocenters. The molecule has 1 N–H and O–H groups in total. The highest BCUT2D eigenvalue weighted by atomic mass is 16.5. The van der Waals surface area contributed by atoms with Gasteiger partial charge in [-0.2, -0.15) is 0 Å². The summed E-state index contributed by atoms with van der Waals surface area (Å²) < 4.78 is 11.2. The highest BCUT2D eigenvalue weighted by Crippen LogP contribution is 2.24. The maximum Gasteiger partial charge on any atom is 0.266 e. The Morgan fingerprint density at radius 3 is 2.70 bits per heavy atom. The molecule has 0 spiro atoms. The van der Waals surface area contributed by atoms with Gasteiger partial charge < -0.3 is 19.5 Å². The summed E-state index contributed by atoms with van der Waals surface area (Å²) in [6.07, 6.45) is 0.00564. The van der Waals surface area contributed by atoms with Crippen molar-refractivity contribution in [1.29, 1.82) is 0 Å². The van der Waals surface area contributed by atoms with Crippen LogP contribution < -0.4 is 4.74 Å². The number of para-hydroxylation sites is 1. The van der Waals surface area contributed by atoms with E-state index >= 15 is 0 Å². The van der Waals surface area contributed by atoms with Gasteiger partial charge >= 0.3 is 0 Å². The average Bonchev–Trinajstić information content (AvgIpc) is 2.99. The first kappa shape index (κ1) is 17.8. The van der Waals surface area contributed by atoms with Crippen molar-refractivity contribution >= 4 is 5.91 Å². The van der Waals surface area contributed by atoms with Gasteiger partial charge in [0.15, 0.2) is 0 Å². The standard InChI is InChI=1S/C18H27NO4/c1-4-22-13-14-10-11-19(12-14)17(20)16(18(2,3)21)23-15-8-6-5-7-9-15/h5-9,14,16,21H,4,10-13H2,1-3H3/t14-,16+/m1/s1. The zero-order chi connectivity index (χ0) is 16.9. The molecule has 1 fully saturated rings.